The summed E-state index contributed by atoms with van der Waals surface area (Å²) in [6, 6.07) is 25.4. The molecule has 0 saturated carbocycles. The highest BCUT2D eigenvalue weighted by Crippen LogP contribution is 2.41. The maximum absolute atomic E-state index is 13.4. The molecule has 0 spiro atoms. The standard InChI is InChI=1S/C24H22ClNO3.C20H14ClNO3/c1-24(2,3)29-23(28)19-14-18(15-7-5-4-6-8-15)22(27)17-10-12-26-11-9-16(25)13-20(26)21(17)19;21-14-7-6-13-8-9-22-18(15(13)10-14)17(20(24)25)11-16(19(22)23)12-4-2-1-3-5-12/h4-10,13-14H,11-12H2,1-3H3;1-7,10-11H,8-9H2,(H,24,25). The minimum absolute atomic E-state index is 0.0928. The molecular weight excluding hydrogens is 723 g/mol. The molecule has 0 bridgehead atoms. The van der Waals surface area contributed by atoms with Gasteiger partial charge >= 0.3 is 11.9 Å². The van der Waals surface area contributed by atoms with Gasteiger partial charge in [-0.05, 0) is 80.3 Å². The minimum atomic E-state index is -1.06. The summed E-state index contributed by atoms with van der Waals surface area (Å²) in [5.41, 5.74) is 6.09. The van der Waals surface area contributed by atoms with E-state index >= 15 is 0 Å². The van der Waals surface area contributed by atoms with E-state index in [9.17, 15) is 24.3 Å². The zero-order valence-corrected chi connectivity index (χ0v) is 31.4. The van der Waals surface area contributed by atoms with Crippen LogP contribution in [0.3, 0.4) is 0 Å². The van der Waals surface area contributed by atoms with Gasteiger partial charge in [0.2, 0.25) is 0 Å². The van der Waals surface area contributed by atoms with Crippen LogP contribution in [0.1, 0.15) is 42.3 Å². The van der Waals surface area contributed by atoms with Gasteiger partial charge in [0.25, 0.3) is 5.56 Å². The SMILES string of the molecule is CC(C)(C)OC(=O)C1=C2C(=CCN3CC=C(Cl)C=C23)C(=O)C(c2ccccc2)=C1.O=C(O)c1cc(-c2ccccc2)c(=O)n2c1-c1cc(Cl)ccc1CC2. The average Bonchev–Trinajstić information content (AvgIpc) is 3.15. The fraction of sp³-hybridized carbons (Fsp3) is 0.182. The number of carboxylic acid groups (broad SMARTS) is 1. The van der Waals surface area contributed by atoms with Crippen molar-refractivity contribution in [2.24, 2.45) is 0 Å². The Morgan fingerprint density at radius 3 is 2.13 bits per heavy atom. The fourth-order valence-electron chi connectivity index (χ4n) is 7.04. The summed E-state index contributed by atoms with van der Waals surface area (Å²) in [5.74, 6) is -1.61. The third-order valence-electron chi connectivity index (χ3n) is 9.45. The number of benzene rings is 3. The predicted molar refractivity (Wildman–Crippen MR) is 211 cm³/mol. The van der Waals surface area contributed by atoms with Crippen LogP contribution in [0.15, 0.2) is 141 Å². The summed E-state index contributed by atoms with van der Waals surface area (Å²) in [5, 5.41) is 10.9. The van der Waals surface area contributed by atoms with Crippen LogP contribution in [0, 0.1) is 0 Å². The largest absolute Gasteiger partial charge is 0.478 e. The van der Waals surface area contributed by atoms with Gasteiger partial charge in [0.05, 0.1) is 16.8 Å². The zero-order chi connectivity index (χ0) is 38.3. The molecule has 0 unspecified atom stereocenters. The third-order valence-corrected chi connectivity index (χ3v) is 9.95. The Balaban J connectivity index is 0.000000168. The Labute approximate surface area is 322 Å². The molecule has 0 amide bonds. The van der Waals surface area contributed by atoms with Crippen molar-refractivity contribution < 1.29 is 24.2 Å². The Morgan fingerprint density at radius 1 is 0.796 bits per heavy atom. The first-order valence-electron chi connectivity index (χ1n) is 17.5. The van der Waals surface area contributed by atoms with Gasteiger partial charge in [-0.15, -0.1) is 0 Å². The molecule has 8 rings (SSSR count). The molecule has 4 aliphatic rings. The first-order valence-corrected chi connectivity index (χ1v) is 18.2. The molecule has 0 radical (unpaired) electrons. The molecule has 0 atom stereocenters. The molecular formula is C44H36Cl2N2O6. The van der Waals surface area contributed by atoms with Crippen LogP contribution in [0.25, 0.3) is 28.0 Å². The lowest BCUT2D eigenvalue weighted by Crippen LogP contribution is -2.35. The maximum Gasteiger partial charge on any atom is 0.339 e. The number of Topliss-reactive ketones (excluding diaryl/α,β-unsaturated/α-hetero) is 1. The van der Waals surface area contributed by atoms with Crippen LogP contribution >= 0.6 is 23.2 Å². The van der Waals surface area contributed by atoms with Gasteiger partial charge < -0.3 is 19.3 Å². The lowest BCUT2D eigenvalue weighted by atomic mass is 9.80. The Hall–Kier alpha value is -5.70. The lowest BCUT2D eigenvalue weighted by Gasteiger charge is -2.36. The monoisotopic (exact) mass is 758 g/mol. The number of allylic oxidation sites excluding steroid dienone is 4. The number of carbonyl (C=O) groups is 3. The molecule has 54 heavy (non-hydrogen) atoms. The number of aromatic nitrogens is 1. The van der Waals surface area contributed by atoms with Crippen LogP contribution in [0.2, 0.25) is 5.02 Å². The topological polar surface area (TPSA) is 106 Å². The van der Waals surface area contributed by atoms with E-state index in [2.05, 4.69) is 4.90 Å². The summed E-state index contributed by atoms with van der Waals surface area (Å²) in [7, 11) is 0. The summed E-state index contributed by atoms with van der Waals surface area (Å²) in [6.07, 6.45) is 7.94. The summed E-state index contributed by atoms with van der Waals surface area (Å²) in [4.78, 5) is 53.5. The number of carboxylic acids is 1. The second-order valence-corrected chi connectivity index (χ2v) is 15.1. The smallest absolute Gasteiger partial charge is 0.339 e. The van der Waals surface area contributed by atoms with E-state index in [1.54, 1.807) is 22.8 Å². The van der Waals surface area contributed by atoms with Gasteiger partial charge in [-0.2, -0.15) is 0 Å². The predicted octanol–water partition coefficient (Wildman–Crippen LogP) is 8.64. The maximum atomic E-state index is 13.4. The van der Waals surface area contributed by atoms with Gasteiger partial charge in [0.1, 0.15) is 5.60 Å². The molecule has 3 aromatic carbocycles. The number of nitrogens with zero attached hydrogens (tertiary/aromatic N) is 2. The van der Waals surface area contributed by atoms with Crippen molar-refractivity contribution in [1.82, 2.24) is 9.47 Å². The molecule has 4 heterocycles. The third kappa shape index (κ3) is 7.15. The average molecular weight is 760 g/mol. The Kier molecular flexibility index (Phi) is 9.92. The number of fused-ring (bicyclic) bond motifs is 6. The molecule has 1 aliphatic carbocycles. The number of aryl methyl sites for hydroxylation is 1. The van der Waals surface area contributed by atoms with Crippen LogP contribution in [0.5, 0.6) is 0 Å². The lowest BCUT2D eigenvalue weighted by molar-refractivity contribution is -0.149. The van der Waals surface area contributed by atoms with Crippen molar-refractivity contribution in [3.63, 3.8) is 0 Å². The first-order chi connectivity index (χ1) is 25.8. The fourth-order valence-corrected chi connectivity index (χ4v) is 7.39. The van der Waals surface area contributed by atoms with E-state index in [0.29, 0.717) is 80.8 Å². The zero-order valence-electron chi connectivity index (χ0n) is 29.9. The summed E-state index contributed by atoms with van der Waals surface area (Å²) < 4.78 is 7.24. The molecule has 4 aromatic rings. The Bertz CT molecular complexity index is 2450. The number of hydrogen-bond donors (Lipinski definition) is 1. The van der Waals surface area contributed by atoms with Gasteiger partial charge in [-0.3, -0.25) is 9.59 Å². The highest BCUT2D eigenvalue weighted by atomic mass is 35.5. The van der Waals surface area contributed by atoms with E-state index in [1.165, 1.54) is 6.07 Å². The molecule has 8 nitrogen and oxygen atoms in total. The normalized spacial score (nSPS) is 15.9. The second kappa shape index (κ2) is 14.6. The molecule has 1 aromatic heterocycles. The van der Waals surface area contributed by atoms with Gasteiger partial charge in [-0.25, -0.2) is 9.59 Å². The van der Waals surface area contributed by atoms with E-state index in [1.807, 2.05) is 106 Å². The van der Waals surface area contributed by atoms with Crippen LogP contribution in [-0.4, -0.2) is 51.0 Å². The van der Waals surface area contributed by atoms with Gasteiger partial charge in [0, 0.05) is 63.2 Å². The Morgan fingerprint density at radius 2 is 1.46 bits per heavy atom. The molecule has 0 fully saturated rings. The van der Waals surface area contributed by atoms with Crippen molar-refractivity contribution in [1.29, 1.82) is 0 Å². The van der Waals surface area contributed by atoms with Crippen molar-refractivity contribution in [3.8, 4) is 22.4 Å². The van der Waals surface area contributed by atoms with Crippen molar-refractivity contribution in [2.75, 3.05) is 13.1 Å². The van der Waals surface area contributed by atoms with Crippen molar-refractivity contribution in [2.45, 2.75) is 39.3 Å². The quantitative estimate of drug-likeness (QED) is 0.208. The van der Waals surface area contributed by atoms with Crippen LogP contribution in [0.4, 0.5) is 0 Å². The van der Waals surface area contributed by atoms with Crippen molar-refractivity contribution >= 4 is 46.5 Å². The van der Waals surface area contributed by atoms with E-state index < -0.39 is 17.5 Å². The number of ketones is 1. The van der Waals surface area contributed by atoms with Gasteiger partial charge in [0.15, 0.2) is 5.78 Å². The van der Waals surface area contributed by atoms with E-state index in [0.717, 1.165) is 16.8 Å². The summed E-state index contributed by atoms with van der Waals surface area (Å²) in [6.45, 7) is 7.15. The number of hydrogen-bond acceptors (Lipinski definition) is 6. The molecule has 10 heteroatoms. The van der Waals surface area contributed by atoms with E-state index in [4.69, 9.17) is 27.9 Å². The van der Waals surface area contributed by atoms with Crippen LogP contribution in [-0.2, 0) is 27.3 Å². The number of rotatable bonds is 4. The molecule has 272 valence electrons. The number of ether oxygens (including phenoxy) is 1. The van der Waals surface area contributed by atoms with E-state index in [-0.39, 0.29) is 16.9 Å². The number of pyridine rings is 1. The number of carbonyl (C=O) groups excluding carboxylic acids is 2. The number of esters is 1. The summed E-state index contributed by atoms with van der Waals surface area (Å²) >= 11 is 12.4. The van der Waals surface area contributed by atoms with Gasteiger partial charge in [-0.1, -0.05) is 96.0 Å². The second-order valence-electron chi connectivity index (χ2n) is 14.2. The van der Waals surface area contributed by atoms with Crippen LogP contribution < -0.4 is 5.56 Å². The molecule has 3 aliphatic heterocycles. The highest BCUT2D eigenvalue weighted by Gasteiger charge is 2.37. The molecule has 0 saturated heterocycles. The minimum Gasteiger partial charge on any atom is -0.478 e. The number of aromatic carboxylic acids is 1. The molecule has 1 N–H and O–H groups in total. The number of halogens is 2. The highest BCUT2D eigenvalue weighted by molar-refractivity contribution is 6.34. The first kappa shape index (κ1) is 36.6. The van der Waals surface area contributed by atoms with Crippen molar-refractivity contribution in [3.05, 3.63) is 169 Å².